The van der Waals surface area contributed by atoms with Gasteiger partial charge in [-0.1, -0.05) is 36.4 Å². The van der Waals surface area contributed by atoms with E-state index in [0.29, 0.717) is 0 Å². The first-order chi connectivity index (χ1) is 10.7. The summed E-state index contributed by atoms with van der Waals surface area (Å²) in [7, 11) is 2.08. The molecule has 0 bridgehead atoms. The van der Waals surface area contributed by atoms with Gasteiger partial charge in [-0.3, -0.25) is 0 Å². The molecule has 1 fully saturated rings. The van der Waals surface area contributed by atoms with Crippen LogP contribution in [-0.2, 0) is 5.60 Å². The number of nitrogens with one attached hydrogen (secondary N) is 1. The molecule has 3 nitrogen and oxygen atoms in total. The largest absolute Gasteiger partial charge is 0.380 e. The summed E-state index contributed by atoms with van der Waals surface area (Å²) in [6, 6.07) is 16.6. The summed E-state index contributed by atoms with van der Waals surface area (Å²) in [4.78, 5) is 2.19. The summed E-state index contributed by atoms with van der Waals surface area (Å²) >= 11 is 0. The quantitative estimate of drug-likeness (QED) is 0.848. The van der Waals surface area contributed by atoms with Gasteiger partial charge in [0.15, 0.2) is 0 Å². The minimum Gasteiger partial charge on any atom is -0.380 e. The third-order valence-electron chi connectivity index (χ3n) is 5.28. The van der Waals surface area contributed by atoms with Gasteiger partial charge < -0.3 is 15.3 Å². The number of fused-ring (bicyclic) bond motifs is 2. The topological polar surface area (TPSA) is 35.5 Å². The maximum atomic E-state index is 11.9. The van der Waals surface area contributed by atoms with Crippen molar-refractivity contribution in [2.45, 2.75) is 18.4 Å². The molecule has 22 heavy (non-hydrogen) atoms. The highest BCUT2D eigenvalue weighted by molar-refractivity contribution is 5.76. The zero-order chi connectivity index (χ0) is 15.2. The number of hydrogen-bond acceptors (Lipinski definition) is 3. The molecule has 2 N–H and O–H groups in total. The van der Waals surface area contributed by atoms with E-state index in [1.54, 1.807) is 0 Å². The van der Waals surface area contributed by atoms with Gasteiger partial charge in [-0.25, -0.2) is 0 Å². The first kappa shape index (κ1) is 13.8. The molecule has 0 atom stereocenters. The zero-order valence-corrected chi connectivity index (χ0v) is 12.9. The highest BCUT2D eigenvalue weighted by Gasteiger charge is 2.46. The Hall–Kier alpha value is -1.84. The van der Waals surface area contributed by atoms with Crippen LogP contribution in [0.4, 0.5) is 11.4 Å². The number of para-hydroxylation sites is 2. The molecule has 2 heterocycles. The first-order valence-corrected chi connectivity index (χ1v) is 8.09. The molecule has 2 aliphatic heterocycles. The number of anilines is 2. The summed E-state index contributed by atoms with van der Waals surface area (Å²) in [5, 5.41) is 15.3. The standard InChI is InChI=1S/C19H22N2O/c1-21-17-8-4-2-6-15(17)19(22,14-10-12-20-13-11-14)16-7-3-5-9-18(16)21/h2-9,14,20,22H,10-13H2,1H3. The van der Waals surface area contributed by atoms with Crippen LogP contribution in [0, 0.1) is 5.92 Å². The lowest BCUT2D eigenvalue weighted by atomic mass is 9.69. The van der Waals surface area contributed by atoms with Gasteiger partial charge in [0, 0.05) is 29.5 Å². The second-order valence-electron chi connectivity index (χ2n) is 6.38. The molecule has 3 heteroatoms. The summed E-state index contributed by atoms with van der Waals surface area (Å²) in [5.41, 5.74) is 3.43. The Kier molecular flexibility index (Phi) is 3.21. The fourth-order valence-corrected chi connectivity index (χ4v) is 4.13. The minimum atomic E-state index is -0.887. The lowest BCUT2D eigenvalue weighted by Gasteiger charge is -2.46. The molecule has 2 aromatic rings. The molecule has 0 unspecified atom stereocenters. The summed E-state index contributed by atoms with van der Waals surface area (Å²) < 4.78 is 0. The molecular formula is C19H22N2O. The van der Waals surface area contributed by atoms with Gasteiger partial charge in [-0.15, -0.1) is 0 Å². The normalized spacial score (nSPS) is 20.4. The SMILES string of the molecule is CN1c2ccccc2C(O)(C2CCNCC2)c2ccccc21. The van der Waals surface area contributed by atoms with Gasteiger partial charge in [-0.05, 0) is 44.0 Å². The van der Waals surface area contributed by atoms with E-state index >= 15 is 0 Å². The van der Waals surface area contributed by atoms with Crippen LogP contribution in [0.5, 0.6) is 0 Å². The average molecular weight is 294 g/mol. The van der Waals surface area contributed by atoms with Crippen molar-refractivity contribution in [3.05, 3.63) is 59.7 Å². The van der Waals surface area contributed by atoms with E-state index in [9.17, 15) is 5.11 Å². The molecule has 2 aromatic carbocycles. The zero-order valence-electron chi connectivity index (χ0n) is 12.9. The van der Waals surface area contributed by atoms with Gasteiger partial charge >= 0.3 is 0 Å². The van der Waals surface area contributed by atoms with Crippen LogP contribution in [0.3, 0.4) is 0 Å². The molecule has 0 aliphatic carbocycles. The predicted molar refractivity (Wildman–Crippen MR) is 89.5 cm³/mol. The van der Waals surface area contributed by atoms with Crippen molar-refractivity contribution in [1.82, 2.24) is 5.32 Å². The van der Waals surface area contributed by atoms with Crippen LogP contribution in [0.2, 0.25) is 0 Å². The molecule has 114 valence electrons. The molecule has 0 spiro atoms. The van der Waals surface area contributed by atoms with E-state index in [2.05, 4.69) is 41.5 Å². The Morgan fingerprint density at radius 1 is 0.955 bits per heavy atom. The Bertz CT molecular complexity index is 644. The highest BCUT2D eigenvalue weighted by Crippen LogP contribution is 2.52. The second-order valence-corrected chi connectivity index (χ2v) is 6.38. The number of aliphatic hydroxyl groups is 1. The van der Waals surface area contributed by atoms with Crippen LogP contribution in [0.15, 0.2) is 48.5 Å². The van der Waals surface area contributed by atoms with E-state index < -0.39 is 5.60 Å². The van der Waals surface area contributed by atoms with Gasteiger partial charge in [0.05, 0.1) is 0 Å². The summed E-state index contributed by atoms with van der Waals surface area (Å²) in [6.07, 6.45) is 2.01. The number of benzene rings is 2. The maximum absolute atomic E-state index is 11.9. The molecule has 0 aromatic heterocycles. The average Bonchev–Trinajstić information content (AvgIpc) is 2.60. The monoisotopic (exact) mass is 294 g/mol. The first-order valence-electron chi connectivity index (χ1n) is 8.09. The van der Waals surface area contributed by atoms with Crippen LogP contribution in [0.25, 0.3) is 0 Å². The smallest absolute Gasteiger partial charge is 0.121 e. The summed E-state index contributed by atoms with van der Waals surface area (Å²) in [5.74, 6) is 0.254. The Labute approximate surface area is 131 Å². The minimum absolute atomic E-state index is 0.254. The molecule has 0 saturated carbocycles. The van der Waals surface area contributed by atoms with Crippen LogP contribution in [-0.4, -0.2) is 25.2 Å². The Morgan fingerprint density at radius 3 is 2.00 bits per heavy atom. The van der Waals surface area contributed by atoms with Gasteiger partial charge in [-0.2, -0.15) is 0 Å². The van der Waals surface area contributed by atoms with Crippen LogP contribution >= 0.6 is 0 Å². The fraction of sp³-hybridized carbons (Fsp3) is 0.368. The predicted octanol–water partition coefficient (Wildman–Crippen LogP) is 3.00. The Balaban J connectivity index is 1.95. The van der Waals surface area contributed by atoms with Crippen molar-refractivity contribution in [2.75, 3.05) is 25.0 Å². The van der Waals surface area contributed by atoms with Crippen LogP contribution < -0.4 is 10.2 Å². The van der Waals surface area contributed by atoms with Crippen molar-refractivity contribution in [3.63, 3.8) is 0 Å². The van der Waals surface area contributed by atoms with Gasteiger partial charge in [0.1, 0.15) is 5.60 Å². The van der Waals surface area contributed by atoms with Crippen molar-refractivity contribution in [2.24, 2.45) is 5.92 Å². The molecular weight excluding hydrogens is 272 g/mol. The van der Waals surface area contributed by atoms with Crippen molar-refractivity contribution >= 4 is 11.4 Å². The van der Waals surface area contributed by atoms with E-state index in [1.807, 2.05) is 24.3 Å². The fourth-order valence-electron chi connectivity index (χ4n) is 4.13. The lowest BCUT2D eigenvalue weighted by Crippen LogP contribution is -2.45. The maximum Gasteiger partial charge on any atom is 0.121 e. The number of nitrogens with zero attached hydrogens (tertiary/aromatic N) is 1. The van der Waals surface area contributed by atoms with Crippen molar-refractivity contribution in [3.8, 4) is 0 Å². The van der Waals surface area contributed by atoms with E-state index in [1.165, 1.54) is 0 Å². The molecule has 1 saturated heterocycles. The lowest BCUT2D eigenvalue weighted by molar-refractivity contribution is 0.00198. The third-order valence-corrected chi connectivity index (χ3v) is 5.28. The van der Waals surface area contributed by atoms with Crippen molar-refractivity contribution < 1.29 is 5.11 Å². The van der Waals surface area contributed by atoms with E-state index in [0.717, 1.165) is 48.4 Å². The Morgan fingerprint density at radius 2 is 1.45 bits per heavy atom. The molecule has 4 rings (SSSR count). The van der Waals surface area contributed by atoms with Gasteiger partial charge in [0.25, 0.3) is 0 Å². The van der Waals surface area contributed by atoms with Crippen LogP contribution in [0.1, 0.15) is 24.0 Å². The highest BCUT2D eigenvalue weighted by atomic mass is 16.3. The van der Waals surface area contributed by atoms with Gasteiger partial charge in [0.2, 0.25) is 0 Å². The summed E-state index contributed by atoms with van der Waals surface area (Å²) in [6.45, 7) is 1.96. The molecule has 2 aliphatic rings. The third kappa shape index (κ3) is 1.82. The van der Waals surface area contributed by atoms with Crippen molar-refractivity contribution in [1.29, 1.82) is 0 Å². The molecule has 0 amide bonds. The number of hydrogen-bond donors (Lipinski definition) is 2. The second kappa shape index (κ2) is 5.11. The number of piperidine rings is 1. The number of rotatable bonds is 1. The van der Waals surface area contributed by atoms with E-state index in [4.69, 9.17) is 0 Å². The molecule has 0 radical (unpaired) electrons. The van der Waals surface area contributed by atoms with E-state index in [-0.39, 0.29) is 5.92 Å².